The molecule has 0 unspecified atom stereocenters. The lowest BCUT2D eigenvalue weighted by Crippen LogP contribution is -2.31. The highest BCUT2D eigenvalue weighted by Gasteiger charge is 2.39. The number of sulfonamides is 1. The summed E-state index contributed by atoms with van der Waals surface area (Å²) in [5.74, 6) is 0.769. The van der Waals surface area contributed by atoms with Crippen molar-refractivity contribution in [2.45, 2.75) is 44.0 Å². The summed E-state index contributed by atoms with van der Waals surface area (Å²) in [6.45, 7) is 4.35. The predicted molar refractivity (Wildman–Crippen MR) is 87.9 cm³/mol. The van der Waals surface area contributed by atoms with E-state index in [-0.39, 0.29) is 10.9 Å². The smallest absolute Gasteiger partial charge is 0.243 e. The summed E-state index contributed by atoms with van der Waals surface area (Å²) in [4.78, 5) is 0.265. The minimum absolute atomic E-state index is 0.211. The second kappa shape index (κ2) is 6.26. The lowest BCUT2D eigenvalue weighted by molar-refractivity contribution is 0.368. The number of rotatable bonds is 4. The molecule has 1 saturated heterocycles. The van der Waals surface area contributed by atoms with Crippen LogP contribution in [0.3, 0.4) is 0 Å². The summed E-state index contributed by atoms with van der Waals surface area (Å²) in [5, 5.41) is 4.54. The Morgan fingerprint density at radius 2 is 2.04 bits per heavy atom. The van der Waals surface area contributed by atoms with Crippen LogP contribution in [-0.2, 0) is 16.4 Å². The molecule has 124 valence electrons. The second-order valence-corrected chi connectivity index (χ2v) is 8.01. The molecule has 1 fully saturated rings. The van der Waals surface area contributed by atoms with Crippen LogP contribution in [0.25, 0.3) is 0 Å². The summed E-state index contributed by atoms with van der Waals surface area (Å²) in [5.41, 5.74) is 1.69. The van der Waals surface area contributed by atoms with Crippen LogP contribution in [0.5, 0.6) is 0 Å². The fourth-order valence-corrected chi connectivity index (χ4v) is 4.96. The van der Waals surface area contributed by atoms with E-state index in [2.05, 4.69) is 5.16 Å². The molecule has 0 spiro atoms. The van der Waals surface area contributed by atoms with Gasteiger partial charge in [0.05, 0.1) is 16.6 Å². The number of hydrogen-bond donors (Lipinski definition) is 0. The average Bonchev–Trinajstić information content (AvgIpc) is 3.13. The molecule has 1 aliphatic heterocycles. The third-order valence-corrected chi connectivity index (χ3v) is 6.44. The van der Waals surface area contributed by atoms with Crippen LogP contribution in [0.4, 0.5) is 0 Å². The minimum atomic E-state index is -3.57. The van der Waals surface area contributed by atoms with Gasteiger partial charge in [-0.05, 0) is 44.0 Å². The van der Waals surface area contributed by atoms with E-state index in [9.17, 15) is 8.42 Å². The molecule has 0 saturated carbocycles. The highest BCUT2D eigenvalue weighted by molar-refractivity contribution is 7.89. The number of aromatic nitrogens is 1. The molecule has 3 rings (SSSR count). The SMILES string of the molecule is CCc1onc(C)c1[C@H]1CCCN1S(=O)(=O)c1ccc(Cl)cc1. The Kier molecular flexibility index (Phi) is 4.49. The Hall–Kier alpha value is -1.37. The Labute approximate surface area is 141 Å². The van der Waals surface area contributed by atoms with Crippen LogP contribution in [0.15, 0.2) is 33.7 Å². The van der Waals surface area contributed by atoms with Crippen molar-refractivity contribution in [2.24, 2.45) is 0 Å². The molecular formula is C16H19ClN2O3S. The standard InChI is InChI=1S/C16H19ClN2O3S/c1-3-15-16(11(2)18-22-15)14-5-4-10-19(14)23(20,21)13-8-6-12(17)7-9-13/h6-9,14H,3-5,10H2,1-2H3/t14-/m1/s1. The van der Waals surface area contributed by atoms with Crippen LogP contribution >= 0.6 is 11.6 Å². The minimum Gasteiger partial charge on any atom is -0.361 e. The van der Waals surface area contributed by atoms with Crippen LogP contribution in [0, 0.1) is 6.92 Å². The molecule has 0 amide bonds. The third kappa shape index (κ3) is 2.91. The van der Waals surface area contributed by atoms with Crippen LogP contribution < -0.4 is 0 Å². The van der Waals surface area contributed by atoms with Crippen molar-refractivity contribution in [1.29, 1.82) is 0 Å². The molecule has 2 heterocycles. The molecule has 0 bridgehead atoms. The summed E-state index contributed by atoms with van der Waals surface area (Å²) in [6.07, 6.45) is 2.30. The maximum Gasteiger partial charge on any atom is 0.243 e. The first-order valence-corrected chi connectivity index (χ1v) is 9.49. The lowest BCUT2D eigenvalue weighted by Gasteiger charge is -2.24. The van der Waals surface area contributed by atoms with E-state index in [0.717, 1.165) is 29.9 Å². The molecule has 7 heteroatoms. The molecule has 0 N–H and O–H groups in total. The molecular weight excluding hydrogens is 336 g/mol. The maximum absolute atomic E-state index is 13.0. The molecule has 0 aliphatic carbocycles. The fraction of sp³-hybridized carbons (Fsp3) is 0.438. The van der Waals surface area contributed by atoms with Crippen molar-refractivity contribution in [3.63, 3.8) is 0 Å². The average molecular weight is 355 g/mol. The third-order valence-electron chi connectivity index (χ3n) is 4.26. The van der Waals surface area contributed by atoms with E-state index in [4.69, 9.17) is 16.1 Å². The molecule has 1 aromatic carbocycles. The van der Waals surface area contributed by atoms with Crippen molar-refractivity contribution in [1.82, 2.24) is 9.46 Å². The van der Waals surface area contributed by atoms with Gasteiger partial charge < -0.3 is 4.52 Å². The van der Waals surface area contributed by atoms with Gasteiger partial charge in [0.2, 0.25) is 10.0 Å². The summed E-state index contributed by atoms with van der Waals surface area (Å²) in [6, 6.07) is 6.09. The highest BCUT2D eigenvalue weighted by Crippen LogP contribution is 2.39. The van der Waals surface area contributed by atoms with Gasteiger partial charge in [-0.1, -0.05) is 23.7 Å². The Balaban J connectivity index is 2.01. The predicted octanol–water partition coefficient (Wildman–Crippen LogP) is 3.72. The first-order chi connectivity index (χ1) is 10.9. The van der Waals surface area contributed by atoms with Gasteiger partial charge in [-0.15, -0.1) is 0 Å². The molecule has 0 radical (unpaired) electrons. The Morgan fingerprint density at radius 3 is 2.70 bits per heavy atom. The summed E-state index contributed by atoms with van der Waals surface area (Å²) >= 11 is 5.86. The topological polar surface area (TPSA) is 63.4 Å². The van der Waals surface area contributed by atoms with Gasteiger partial charge in [0.1, 0.15) is 5.76 Å². The van der Waals surface area contributed by atoms with E-state index in [1.807, 2.05) is 13.8 Å². The maximum atomic E-state index is 13.0. The molecule has 1 aliphatic rings. The van der Waals surface area contributed by atoms with E-state index in [1.165, 1.54) is 0 Å². The van der Waals surface area contributed by atoms with Crippen molar-refractivity contribution in [2.75, 3.05) is 6.54 Å². The van der Waals surface area contributed by atoms with Crippen molar-refractivity contribution < 1.29 is 12.9 Å². The number of hydrogen-bond acceptors (Lipinski definition) is 4. The van der Waals surface area contributed by atoms with Crippen LogP contribution in [0.2, 0.25) is 5.02 Å². The van der Waals surface area contributed by atoms with E-state index in [1.54, 1.807) is 28.6 Å². The van der Waals surface area contributed by atoms with Crippen molar-refractivity contribution >= 4 is 21.6 Å². The first-order valence-electron chi connectivity index (χ1n) is 7.67. The number of benzene rings is 1. The van der Waals surface area contributed by atoms with Gasteiger partial charge in [0.15, 0.2) is 0 Å². The van der Waals surface area contributed by atoms with Crippen molar-refractivity contribution in [3.8, 4) is 0 Å². The molecule has 5 nitrogen and oxygen atoms in total. The van der Waals surface area contributed by atoms with Gasteiger partial charge >= 0.3 is 0 Å². The van der Waals surface area contributed by atoms with E-state index in [0.29, 0.717) is 18.0 Å². The number of nitrogens with zero attached hydrogens (tertiary/aromatic N) is 2. The second-order valence-electron chi connectivity index (χ2n) is 5.69. The molecule has 1 aromatic heterocycles. The zero-order valence-electron chi connectivity index (χ0n) is 13.1. The molecule has 2 aromatic rings. The quantitative estimate of drug-likeness (QED) is 0.839. The monoisotopic (exact) mass is 354 g/mol. The fourth-order valence-electron chi connectivity index (χ4n) is 3.16. The summed E-state index contributed by atoms with van der Waals surface area (Å²) < 4.78 is 32.9. The normalized spacial score (nSPS) is 19.3. The Morgan fingerprint density at radius 1 is 1.35 bits per heavy atom. The van der Waals surface area contributed by atoms with Gasteiger partial charge in [0, 0.05) is 23.6 Å². The van der Waals surface area contributed by atoms with Crippen molar-refractivity contribution in [3.05, 3.63) is 46.3 Å². The lowest BCUT2D eigenvalue weighted by atomic mass is 10.0. The number of aryl methyl sites for hydroxylation is 2. The van der Waals surface area contributed by atoms with E-state index < -0.39 is 10.0 Å². The van der Waals surface area contributed by atoms with Crippen LogP contribution in [-0.4, -0.2) is 24.4 Å². The first kappa shape index (κ1) is 16.5. The van der Waals surface area contributed by atoms with Gasteiger partial charge in [-0.3, -0.25) is 0 Å². The highest BCUT2D eigenvalue weighted by atomic mass is 35.5. The zero-order chi connectivity index (χ0) is 16.6. The van der Waals surface area contributed by atoms with Gasteiger partial charge in [0.25, 0.3) is 0 Å². The van der Waals surface area contributed by atoms with Crippen LogP contribution in [0.1, 0.15) is 42.8 Å². The Bertz CT molecular complexity index is 799. The largest absolute Gasteiger partial charge is 0.361 e. The zero-order valence-corrected chi connectivity index (χ0v) is 14.7. The molecule has 23 heavy (non-hydrogen) atoms. The van der Waals surface area contributed by atoms with Gasteiger partial charge in [-0.2, -0.15) is 4.31 Å². The van der Waals surface area contributed by atoms with Gasteiger partial charge in [-0.25, -0.2) is 8.42 Å². The number of halogens is 1. The van der Waals surface area contributed by atoms with E-state index >= 15 is 0 Å². The summed E-state index contributed by atoms with van der Waals surface area (Å²) in [7, 11) is -3.57. The molecule has 1 atom stereocenters.